The molecule has 0 aliphatic rings. The summed E-state index contributed by atoms with van der Waals surface area (Å²) in [5.41, 5.74) is 5.35. The second-order valence-electron chi connectivity index (χ2n) is 7.81. The fourth-order valence-corrected chi connectivity index (χ4v) is 3.19. The summed E-state index contributed by atoms with van der Waals surface area (Å²) < 4.78 is 5.74. The zero-order chi connectivity index (χ0) is 21.6. The van der Waals surface area contributed by atoms with Crippen LogP contribution in [-0.4, -0.2) is 22.4 Å². The lowest BCUT2D eigenvalue weighted by Gasteiger charge is -2.09. The molecule has 0 saturated heterocycles. The van der Waals surface area contributed by atoms with E-state index in [1.54, 1.807) is 24.5 Å². The predicted molar refractivity (Wildman–Crippen MR) is 125 cm³/mol. The van der Waals surface area contributed by atoms with E-state index in [9.17, 15) is 4.79 Å². The van der Waals surface area contributed by atoms with E-state index >= 15 is 0 Å². The van der Waals surface area contributed by atoms with E-state index in [2.05, 4.69) is 23.8 Å². The third kappa shape index (κ3) is 5.23. The first kappa shape index (κ1) is 20.5. The second-order valence-corrected chi connectivity index (χ2v) is 7.81. The number of benzene rings is 3. The van der Waals surface area contributed by atoms with Crippen LogP contribution in [0.1, 0.15) is 29.8 Å². The number of nitrogens with zero attached hydrogens (tertiary/aromatic N) is 2. The van der Waals surface area contributed by atoms with Crippen molar-refractivity contribution < 1.29 is 9.53 Å². The lowest BCUT2D eigenvalue weighted by molar-refractivity contribution is 0.104. The van der Waals surface area contributed by atoms with Crippen LogP contribution in [0, 0.1) is 5.92 Å². The Morgan fingerprint density at radius 3 is 2.19 bits per heavy atom. The molecule has 0 fully saturated rings. The molecule has 1 heterocycles. The van der Waals surface area contributed by atoms with Gasteiger partial charge >= 0.3 is 0 Å². The molecule has 0 atom stereocenters. The van der Waals surface area contributed by atoms with Crippen molar-refractivity contribution in [1.82, 2.24) is 9.97 Å². The standard InChI is InChI=1S/C27H24N2O2/c1-19(2)18-31-24-11-9-22(10-12-24)21-5-7-23(8-6-21)27(30)14-4-20-3-13-25-26(17-20)29-16-15-28-25/h3-17,19H,18H2,1-2H3. The highest BCUT2D eigenvalue weighted by molar-refractivity contribution is 6.07. The van der Waals surface area contributed by atoms with Crippen LogP contribution in [0.15, 0.2) is 85.2 Å². The molecule has 0 N–H and O–H groups in total. The lowest BCUT2D eigenvalue weighted by Crippen LogP contribution is -2.04. The molecule has 0 aliphatic heterocycles. The minimum absolute atomic E-state index is 0.0387. The van der Waals surface area contributed by atoms with Gasteiger partial charge < -0.3 is 4.74 Å². The first-order valence-electron chi connectivity index (χ1n) is 10.3. The van der Waals surface area contributed by atoms with Gasteiger partial charge in [0.2, 0.25) is 0 Å². The van der Waals surface area contributed by atoms with Crippen LogP contribution in [0.4, 0.5) is 0 Å². The number of ketones is 1. The Morgan fingerprint density at radius 1 is 0.871 bits per heavy atom. The van der Waals surface area contributed by atoms with Crippen molar-refractivity contribution in [3.05, 3.63) is 96.3 Å². The molecular formula is C27H24N2O2. The molecule has 31 heavy (non-hydrogen) atoms. The largest absolute Gasteiger partial charge is 0.493 e. The number of aromatic nitrogens is 2. The topological polar surface area (TPSA) is 52.1 Å². The van der Waals surface area contributed by atoms with Crippen LogP contribution in [0.5, 0.6) is 5.75 Å². The van der Waals surface area contributed by atoms with Gasteiger partial charge in [0.25, 0.3) is 0 Å². The highest BCUT2D eigenvalue weighted by Crippen LogP contribution is 2.23. The molecule has 4 heteroatoms. The Labute approximate surface area is 182 Å². The zero-order valence-corrected chi connectivity index (χ0v) is 17.7. The summed E-state index contributed by atoms with van der Waals surface area (Å²) in [5.74, 6) is 1.33. The van der Waals surface area contributed by atoms with Crippen LogP contribution in [0.25, 0.3) is 28.2 Å². The Kier molecular flexibility index (Phi) is 6.18. The number of fused-ring (bicyclic) bond motifs is 1. The van der Waals surface area contributed by atoms with Gasteiger partial charge in [-0.1, -0.05) is 62.4 Å². The van der Waals surface area contributed by atoms with Crippen LogP contribution in [-0.2, 0) is 0 Å². The minimum Gasteiger partial charge on any atom is -0.493 e. The van der Waals surface area contributed by atoms with Crippen LogP contribution in [0.3, 0.4) is 0 Å². The molecule has 154 valence electrons. The van der Waals surface area contributed by atoms with E-state index in [4.69, 9.17) is 4.74 Å². The van der Waals surface area contributed by atoms with Crippen molar-refractivity contribution >= 4 is 22.9 Å². The fourth-order valence-electron chi connectivity index (χ4n) is 3.19. The summed E-state index contributed by atoms with van der Waals surface area (Å²) >= 11 is 0. The number of hydrogen-bond donors (Lipinski definition) is 0. The summed E-state index contributed by atoms with van der Waals surface area (Å²) in [4.78, 5) is 21.1. The summed E-state index contributed by atoms with van der Waals surface area (Å²) in [6.07, 6.45) is 6.72. The lowest BCUT2D eigenvalue weighted by atomic mass is 10.0. The van der Waals surface area contributed by atoms with Crippen LogP contribution in [0.2, 0.25) is 0 Å². The van der Waals surface area contributed by atoms with Gasteiger partial charge in [-0.15, -0.1) is 0 Å². The van der Waals surface area contributed by atoms with Crippen LogP contribution < -0.4 is 4.74 Å². The second kappa shape index (κ2) is 9.35. The third-order valence-corrected chi connectivity index (χ3v) is 4.86. The number of allylic oxidation sites excluding steroid dienone is 1. The van der Waals surface area contributed by atoms with Gasteiger partial charge in [0.15, 0.2) is 5.78 Å². The molecule has 0 amide bonds. The molecular weight excluding hydrogens is 384 g/mol. The summed E-state index contributed by atoms with van der Waals surface area (Å²) in [7, 11) is 0. The van der Waals surface area contributed by atoms with Gasteiger partial charge in [-0.2, -0.15) is 0 Å². The number of hydrogen-bond acceptors (Lipinski definition) is 4. The van der Waals surface area contributed by atoms with Gasteiger partial charge in [0.1, 0.15) is 5.75 Å². The van der Waals surface area contributed by atoms with Crippen molar-refractivity contribution in [2.24, 2.45) is 5.92 Å². The molecule has 3 aromatic carbocycles. The molecule has 0 bridgehead atoms. The average molecular weight is 409 g/mol. The Morgan fingerprint density at radius 2 is 1.52 bits per heavy atom. The summed E-state index contributed by atoms with van der Waals surface area (Å²) in [6, 6.07) is 21.4. The Balaban J connectivity index is 1.43. The first-order chi connectivity index (χ1) is 15.1. The average Bonchev–Trinajstić information content (AvgIpc) is 2.81. The van der Waals surface area contributed by atoms with Crippen molar-refractivity contribution in [2.45, 2.75) is 13.8 Å². The number of ether oxygens (including phenoxy) is 1. The monoisotopic (exact) mass is 408 g/mol. The third-order valence-electron chi connectivity index (χ3n) is 4.86. The molecule has 4 aromatic rings. The quantitative estimate of drug-likeness (QED) is 0.269. The maximum absolute atomic E-state index is 12.6. The van der Waals surface area contributed by atoms with Gasteiger partial charge in [0.05, 0.1) is 17.6 Å². The molecule has 1 aromatic heterocycles. The van der Waals surface area contributed by atoms with Crippen molar-refractivity contribution in [2.75, 3.05) is 6.61 Å². The zero-order valence-electron chi connectivity index (χ0n) is 17.7. The number of carbonyl (C=O) groups excluding carboxylic acids is 1. The fraction of sp³-hybridized carbons (Fsp3) is 0.148. The molecule has 0 radical (unpaired) electrons. The van der Waals surface area contributed by atoms with E-state index in [1.165, 1.54) is 0 Å². The maximum Gasteiger partial charge on any atom is 0.185 e. The maximum atomic E-state index is 12.6. The summed E-state index contributed by atoms with van der Waals surface area (Å²) in [6.45, 7) is 4.96. The van der Waals surface area contributed by atoms with E-state index in [-0.39, 0.29) is 5.78 Å². The molecule has 4 rings (SSSR count). The predicted octanol–water partition coefficient (Wildman–Crippen LogP) is 6.23. The SMILES string of the molecule is CC(C)COc1ccc(-c2ccc(C(=O)C=Cc3ccc4nccnc4c3)cc2)cc1. The van der Waals surface area contributed by atoms with Gasteiger partial charge in [-0.3, -0.25) is 14.8 Å². The van der Waals surface area contributed by atoms with Crippen molar-refractivity contribution in [3.8, 4) is 16.9 Å². The highest BCUT2D eigenvalue weighted by atomic mass is 16.5. The normalized spacial score (nSPS) is 11.3. The first-order valence-corrected chi connectivity index (χ1v) is 10.3. The van der Waals surface area contributed by atoms with Gasteiger partial charge in [0, 0.05) is 18.0 Å². The van der Waals surface area contributed by atoms with E-state index in [0.717, 1.165) is 33.5 Å². The summed E-state index contributed by atoms with van der Waals surface area (Å²) in [5, 5.41) is 0. The van der Waals surface area contributed by atoms with E-state index in [0.29, 0.717) is 18.1 Å². The molecule has 0 saturated carbocycles. The van der Waals surface area contributed by atoms with E-state index < -0.39 is 0 Å². The number of carbonyl (C=O) groups is 1. The van der Waals surface area contributed by atoms with Crippen molar-refractivity contribution in [1.29, 1.82) is 0 Å². The molecule has 0 unspecified atom stereocenters. The molecule has 0 aliphatic carbocycles. The Hall–Kier alpha value is -3.79. The Bertz CT molecular complexity index is 1210. The smallest absolute Gasteiger partial charge is 0.185 e. The highest BCUT2D eigenvalue weighted by Gasteiger charge is 2.05. The minimum atomic E-state index is -0.0387. The number of rotatable bonds is 7. The van der Waals surface area contributed by atoms with Gasteiger partial charge in [-0.25, -0.2) is 0 Å². The van der Waals surface area contributed by atoms with E-state index in [1.807, 2.05) is 66.7 Å². The van der Waals surface area contributed by atoms with Crippen molar-refractivity contribution in [3.63, 3.8) is 0 Å². The molecule has 0 spiro atoms. The van der Waals surface area contributed by atoms with Gasteiger partial charge in [-0.05, 0) is 52.9 Å². The molecule has 4 nitrogen and oxygen atoms in total. The van der Waals surface area contributed by atoms with Crippen LogP contribution >= 0.6 is 0 Å².